The first kappa shape index (κ1) is 29.9. The van der Waals surface area contributed by atoms with Crippen molar-refractivity contribution in [2.24, 2.45) is 0 Å². The van der Waals surface area contributed by atoms with Crippen LogP contribution in [0.4, 0.5) is 5.69 Å². The smallest absolute Gasteiger partial charge is 0.256 e. The number of sulfone groups is 1. The fraction of sp³-hybridized carbons (Fsp3) is 0.355. The Labute approximate surface area is 260 Å². The number of hydrogen-bond donors (Lipinski definition) is 2. The van der Waals surface area contributed by atoms with Crippen molar-refractivity contribution < 1.29 is 22.7 Å². The minimum absolute atomic E-state index is 0.0120. The van der Waals surface area contributed by atoms with Crippen molar-refractivity contribution in [2.45, 2.75) is 30.4 Å². The third-order valence-corrected chi connectivity index (χ3v) is 10.7. The number of aromatic nitrogens is 1. The Morgan fingerprint density at radius 2 is 1.77 bits per heavy atom. The number of rotatable bonds is 7. The van der Waals surface area contributed by atoms with Crippen LogP contribution in [0.15, 0.2) is 41.3 Å². The first-order chi connectivity index (χ1) is 20.6. The van der Waals surface area contributed by atoms with E-state index in [4.69, 9.17) is 27.9 Å². The van der Waals surface area contributed by atoms with Gasteiger partial charge < -0.3 is 19.9 Å². The number of fused-ring (bicyclic) bond motifs is 2. The third-order valence-electron chi connectivity index (χ3n) is 8.33. The lowest BCUT2D eigenvalue weighted by Gasteiger charge is -2.29. The standard InChI is InChI=1S/C31H32Cl2N4O5S/c1-19-28(34-27-6-3-9-37(31(39)29(19)27)11-10-36-12-14-42-15-13-36)17-22-21-16-20(7-8-26(21)35-30(22)38)43(40,41)18-23-24(32)4-2-5-25(23)33/h2,4-5,7-8,16-17,34H,3,6,9-15,18H2,1H3,(H,35,38). The molecule has 0 bridgehead atoms. The lowest BCUT2D eigenvalue weighted by atomic mass is 10.0. The van der Waals surface area contributed by atoms with Crippen molar-refractivity contribution >= 4 is 62.2 Å². The molecule has 1 aromatic heterocycles. The molecule has 1 fully saturated rings. The zero-order chi connectivity index (χ0) is 30.3. The first-order valence-electron chi connectivity index (χ1n) is 14.3. The number of anilines is 1. The summed E-state index contributed by atoms with van der Waals surface area (Å²) in [6, 6.07) is 9.40. The van der Waals surface area contributed by atoms with Crippen LogP contribution in [0.25, 0.3) is 11.6 Å². The molecule has 9 nitrogen and oxygen atoms in total. The van der Waals surface area contributed by atoms with Crippen LogP contribution in [0.5, 0.6) is 0 Å². The maximum atomic E-state index is 13.7. The number of hydrogen-bond acceptors (Lipinski definition) is 6. The van der Waals surface area contributed by atoms with Crippen LogP contribution in [0.1, 0.15) is 44.9 Å². The average Bonchev–Trinajstić information content (AvgIpc) is 3.41. The molecule has 43 heavy (non-hydrogen) atoms. The summed E-state index contributed by atoms with van der Waals surface area (Å²) >= 11 is 12.5. The average molecular weight is 644 g/mol. The molecule has 0 spiro atoms. The molecular weight excluding hydrogens is 611 g/mol. The highest BCUT2D eigenvalue weighted by atomic mass is 35.5. The predicted molar refractivity (Wildman–Crippen MR) is 167 cm³/mol. The number of aryl methyl sites for hydroxylation is 1. The molecule has 2 amide bonds. The number of benzene rings is 2. The Morgan fingerprint density at radius 1 is 1.02 bits per heavy atom. The van der Waals surface area contributed by atoms with Crippen LogP contribution >= 0.6 is 23.2 Å². The maximum Gasteiger partial charge on any atom is 0.256 e. The Bertz CT molecular complexity index is 1720. The summed E-state index contributed by atoms with van der Waals surface area (Å²) in [4.78, 5) is 34.4. The van der Waals surface area contributed by atoms with E-state index in [-0.39, 0.29) is 32.5 Å². The number of aromatic amines is 1. The van der Waals surface area contributed by atoms with Crippen LogP contribution in [0.2, 0.25) is 10.0 Å². The van der Waals surface area contributed by atoms with Gasteiger partial charge in [0.2, 0.25) is 0 Å². The van der Waals surface area contributed by atoms with Crippen molar-refractivity contribution in [3.8, 4) is 0 Å². The van der Waals surface area contributed by atoms with Gasteiger partial charge in [0, 0.05) is 71.0 Å². The fourth-order valence-electron chi connectivity index (χ4n) is 5.90. The first-order valence-corrected chi connectivity index (χ1v) is 16.7. The van der Waals surface area contributed by atoms with E-state index >= 15 is 0 Å². The summed E-state index contributed by atoms with van der Waals surface area (Å²) in [5, 5.41) is 3.36. The van der Waals surface area contributed by atoms with Crippen LogP contribution in [-0.4, -0.2) is 81.0 Å². The highest BCUT2D eigenvalue weighted by molar-refractivity contribution is 7.90. The SMILES string of the molecule is Cc1c(C=C2C(=O)Nc3ccc(S(=O)(=O)Cc4c(Cl)cccc4Cl)cc32)[nH]c2c1C(=O)N(CCN1CCOCC1)CCC2. The van der Waals surface area contributed by atoms with Crippen molar-refractivity contribution in [1.29, 1.82) is 0 Å². The summed E-state index contributed by atoms with van der Waals surface area (Å²) in [5.74, 6) is -0.736. The Kier molecular flexibility index (Phi) is 8.41. The highest BCUT2D eigenvalue weighted by Gasteiger charge is 2.31. The number of nitrogens with zero attached hydrogens (tertiary/aromatic N) is 2. The van der Waals surface area contributed by atoms with E-state index < -0.39 is 9.84 Å². The molecule has 1 saturated heterocycles. The van der Waals surface area contributed by atoms with E-state index in [0.29, 0.717) is 59.9 Å². The molecule has 3 aliphatic heterocycles. The van der Waals surface area contributed by atoms with Gasteiger partial charge in [0.1, 0.15) is 0 Å². The number of carbonyl (C=O) groups excluding carboxylic acids is 2. The molecule has 4 heterocycles. The number of amides is 2. The molecular formula is C31H32Cl2N4O5S. The molecule has 0 saturated carbocycles. The van der Waals surface area contributed by atoms with E-state index in [1.807, 2.05) is 11.8 Å². The molecule has 0 radical (unpaired) electrons. The van der Waals surface area contributed by atoms with Crippen LogP contribution in [-0.2, 0) is 31.5 Å². The van der Waals surface area contributed by atoms with Crippen molar-refractivity contribution in [1.82, 2.24) is 14.8 Å². The lowest BCUT2D eigenvalue weighted by molar-refractivity contribution is -0.110. The fourth-order valence-corrected chi connectivity index (χ4v) is 8.02. The zero-order valence-corrected chi connectivity index (χ0v) is 26.0. The van der Waals surface area contributed by atoms with Gasteiger partial charge in [-0.2, -0.15) is 0 Å². The summed E-state index contributed by atoms with van der Waals surface area (Å²) < 4.78 is 32.2. The maximum absolute atomic E-state index is 13.7. The Balaban J connectivity index is 1.28. The largest absolute Gasteiger partial charge is 0.379 e. The molecule has 2 N–H and O–H groups in total. The topological polar surface area (TPSA) is 112 Å². The van der Waals surface area contributed by atoms with Crippen molar-refractivity contribution in [3.63, 3.8) is 0 Å². The number of H-pyrrole nitrogens is 1. The van der Waals surface area contributed by atoms with Crippen LogP contribution in [0, 0.1) is 6.92 Å². The molecule has 3 aromatic rings. The van der Waals surface area contributed by atoms with Gasteiger partial charge in [-0.15, -0.1) is 0 Å². The number of carbonyl (C=O) groups is 2. The lowest BCUT2D eigenvalue weighted by Crippen LogP contribution is -2.43. The summed E-state index contributed by atoms with van der Waals surface area (Å²) in [6.45, 7) is 7.19. The molecule has 0 unspecified atom stereocenters. The summed E-state index contributed by atoms with van der Waals surface area (Å²) in [6.07, 6.45) is 3.25. The minimum Gasteiger partial charge on any atom is -0.379 e. The number of halogens is 2. The summed E-state index contributed by atoms with van der Waals surface area (Å²) in [5.41, 5.74) is 4.56. The highest BCUT2D eigenvalue weighted by Crippen LogP contribution is 2.37. The zero-order valence-electron chi connectivity index (χ0n) is 23.7. The van der Waals surface area contributed by atoms with E-state index in [2.05, 4.69) is 15.2 Å². The van der Waals surface area contributed by atoms with Crippen molar-refractivity contribution in [3.05, 3.63) is 80.1 Å². The molecule has 0 aliphatic carbocycles. The molecule has 0 atom stereocenters. The second kappa shape index (κ2) is 12.1. The van der Waals surface area contributed by atoms with Gasteiger partial charge in [0.15, 0.2) is 9.84 Å². The number of nitrogens with one attached hydrogen (secondary N) is 2. The molecule has 2 aromatic carbocycles. The normalized spacial score (nSPS) is 18.5. The van der Waals surface area contributed by atoms with E-state index in [1.165, 1.54) is 12.1 Å². The predicted octanol–water partition coefficient (Wildman–Crippen LogP) is 4.82. The second-order valence-electron chi connectivity index (χ2n) is 11.0. The Hall–Kier alpha value is -3.15. The summed E-state index contributed by atoms with van der Waals surface area (Å²) in [7, 11) is -3.84. The van der Waals surface area contributed by atoms with Crippen LogP contribution < -0.4 is 5.32 Å². The van der Waals surface area contributed by atoms with Crippen molar-refractivity contribution in [2.75, 3.05) is 51.3 Å². The number of ether oxygens (including phenoxy) is 1. The quantitative estimate of drug-likeness (QED) is 0.358. The van der Waals surface area contributed by atoms with E-state index in [9.17, 15) is 18.0 Å². The van der Waals surface area contributed by atoms with E-state index in [1.54, 1.807) is 30.3 Å². The minimum atomic E-state index is -3.84. The Morgan fingerprint density at radius 3 is 2.51 bits per heavy atom. The monoisotopic (exact) mass is 642 g/mol. The van der Waals surface area contributed by atoms with Gasteiger partial charge in [-0.25, -0.2) is 8.42 Å². The van der Waals surface area contributed by atoms with Crippen LogP contribution in [0.3, 0.4) is 0 Å². The van der Waals surface area contributed by atoms with Gasteiger partial charge in [-0.05, 0) is 61.7 Å². The molecule has 12 heteroatoms. The van der Waals surface area contributed by atoms with Gasteiger partial charge in [-0.3, -0.25) is 14.5 Å². The van der Waals surface area contributed by atoms with Gasteiger partial charge in [0.05, 0.1) is 35.0 Å². The van der Waals surface area contributed by atoms with Gasteiger partial charge in [0.25, 0.3) is 11.8 Å². The second-order valence-corrected chi connectivity index (χ2v) is 13.8. The molecule has 226 valence electrons. The number of morpholine rings is 1. The third kappa shape index (κ3) is 5.99. The molecule has 6 rings (SSSR count). The van der Waals surface area contributed by atoms with E-state index in [0.717, 1.165) is 43.7 Å². The molecule has 3 aliphatic rings. The van der Waals surface area contributed by atoms with Gasteiger partial charge in [-0.1, -0.05) is 29.3 Å². The van der Waals surface area contributed by atoms with Gasteiger partial charge >= 0.3 is 0 Å².